The van der Waals surface area contributed by atoms with Crippen molar-refractivity contribution in [3.63, 3.8) is 0 Å². The molecule has 0 bridgehead atoms. The first kappa shape index (κ1) is 14.8. The van der Waals surface area contributed by atoms with Crippen LogP contribution in [0, 0.1) is 5.92 Å². The van der Waals surface area contributed by atoms with E-state index in [-0.39, 0.29) is 11.8 Å². The predicted octanol–water partition coefficient (Wildman–Crippen LogP) is 3.48. The smallest absolute Gasteiger partial charge is 0.227 e. The van der Waals surface area contributed by atoms with Gasteiger partial charge in [0.25, 0.3) is 0 Å². The highest BCUT2D eigenvalue weighted by Crippen LogP contribution is 2.26. The molecule has 1 N–H and O–H groups in total. The van der Waals surface area contributed by atoms with Crippen LogP contribution in [0.3, 0.4) is 0 Å². The topological polar surface area (TPSA) is 59.8 Å². The van der Waals surface area contributed by atoms with E-state index in [0.29, 0.717) is 0 Å². The molecule has 5 nitrogen and oxygen atoms in total. The van der Waals surface area contributed by atoms with E-state index in [1.165, 1.54) is 6.42 Å². The molecule has 1 aliphatic carbocycles. The van der Waals surface area contributed by atoms with Gasteiger partial charge < -0.3 is 9.88 Å². The summed E-state index contributed by atoms with van der Waals surface area (Å²) >= 11 is 0. The SMILES string of the molecule is CCn1cnnc1-c1cccc(NC(=O)C2CCCCC2)c1. The molecule has 0 radical (unpaired) electrons. The molecule has 22 heavy (non-hydrogen) atoms. The molecular formula is C17H22N4O. The molecule has 5 heteroatoms. The summed E-state index contributed by atoms with van der Waals surface area (Å²) in [5, 5.41) is 11.2. The molecule has 0 spiro atoms. The largest absolute Gasteiger partial charge is 0.326 e. The number of carbonyl (C=O) groups excluding carboxylic acids is 1. The van der Waals surface area contributed by atoms with Crippen LogP contribution in [0.2, 0.25) is 0 Å². The Morgan fingerprint density at radius 2 is 2.14 bits per heavy atom. The summed E-state index contributed by atoms with van der Waals surface area (Å²) in [5.74, 6) is 1.14. The molecule has 116 valence electrons. The molecule has 1 aliphatic rings. The van der Waals surface area contributed by atoms with E-state index in [1.54, 1.807) is 6.33 Å². The number of anilines is 1. The molecule has 0 aliphatic heterocycles. The van der Waals surface area contributed by atoms with E-state index in [0.717, 1.165) is 49.3 Å². The number of hydrogen-bond acceptors (Lipinski definition) is 3. The number of amides is 1. The van der Waals surface area contributed by atoms with E-state index >= 15 is 0 Å². The molecule has 1 amide bonds. The minimum Gasteiger partial charge on any atom is -0.326 e. The summed E-state index contributed by atoms with van der Waals surface area (Å²) in [4.78, 5) is 12.3. The van der Waals surface area contributed by atoms with Crippen molar-refractivity contribution in [3.05, 3.63) is 30.6 Å². The molecule has 0 atom stereocenters. The van der Waals surface area contributed by atoms with Gasteiger partial charge in [0, 0.05) is 23.7 Å². The Bertz CT molecular complexity index is 644. The van der Waals surface area contributed by atoms with E-state index < -0.39 is 0 Å². The second-order valence-electron chi connectivity index (χ2n) is 5.85. The lowest BCUT2D eigenvalue weighted by molar-refractivity contribution is -0.120. The third-order valence-corrected chi connectivity index (χ3v) is 4.32. The number of carbonyl (C=O) groups is 1. The Hall–Kier alpha value is -2.17. The normalized spacial score (nSPS) is 15.7. The third kappa shape index (κ3) is 3.18. The number of hydrogen-bond donors (Lipinski definition) is 1. The van der Waals surface area contributed by atoms with Crippen molar-refractivity contribution < 1.29 is 4.79 Å². The van der Waals surface area contributed by atoms with Gasteiger partial charge in [0.15, 0.2) is 5.82 Å². The summed E-state index contributed by atoms with van der Waals surface area (Å²) in [5.41, 5.74) is 1.81. The lowest BCUT2D eigenvalue weighted by Gasteiger charge is -2.20. The molecule has 1 aromatic carbocycles. The van der Waals surface area contributed by atoms with Crippen LogP contribution in [0.4, 0.5) is 5.69 Å². The van der Waals surface area contributed by atoms with Gasteiger partial charge in [0.2, 0.25) is 5.91 Å². The second-order valence-corrected chi connectivity index (χ2v) is 5.85. The number of benzene rings is 1. The first-order chi connectivity index (χ1) is 10.8. The van der Waals surface area contributed by atoms with Gasteiger partial charge in [-0.2, -0.15) is 0 Å². The molecule has 1 saturated carbocycles. The van der Waals surface area contributed by atoms with Gasteiger partial charge >= 0.3 is 0 Å². The lowest BCUT2D eigenvalue weighted by Crippen LogP contribution is -2.24. The summed E-state index contributed by atoms with van der Waals surface area (Å²) in [6.45, 7) is 2.88. The van der Waals surface area contributed by atoms with Crippen molar-refractivity contribution in [1.29, 1.82) is 0 Å². The van der Waals surface area contributed by atoms with Crippen LogP contribution in [0.5, 0.6) is 0 Å². The van der Waals surface area contributed by atoms with Crippen LogP contribution in [0.1, 0.15) is 39.0 Å². The Kier molecular flexibility index (Phi) is 4.51. The second kappa shape index (κ2) is 6.73. The average Bonchev–Trinajstić information content (AvgIpc) is 3.04. The van der Waals surface area contributed by atoms with Crippen LogP contribution < -0.4 is 5.32 Å². The summed E-state index contributed by atoms with van der Waals surface area (Å²) < 4.78 is 1.99. The number of nitrogens with one attached hydrogen (secondary N) is 1. The van der Waals surface area contributed by atoms with E-state index in [1.807, 2.05) is 28.8 Å². The van der Waals surface area contributed by atoms with Gasteiger partial charge in [0.1, 0.15) is 6.33 Å². The predicted molar refractivity (Wildman–Crippen MR) is 86.3 cm³/mol. The highest BCUT2D eigenvalue weighted by atomic mass is 16.1. The first-order valence-corrected chi connectivity index (χ1v) is 8.07. The Balaban J connectivity index is 1.75. The van der Waals surface area contributed by atoms with Crippen LogP contribution in [0.15, 0.2) is 30.6 Å². The average molecular weight is 298 g/mol. The zero-order valence-electron chi connectivity index (χ0n) is 13.0. The van der Waals surface area contributed by atoms with Crippen molar-refractivity contribution in [2.24, 2.45) is 5.92 Å². The van der Waals surface area contributed by atoms with Crippen molar-refractivity contribution in [2.45, 2.75) is 45.6 Å². The molecule has 1 heterocycles. The highest BCUT2D eigenvalue weighted by molar-refractivity contribution is 5.93. The molecule has 2 aromatic rings. The number of aryl methyl sites for hydroxylation is 1. The minimum atomic E-state index is 0.147. The molecule has 1 fully saturated rings. The zero-order valence-corrected chi connectivity index (χ0v) is 13.0. The minimum absolute atomic E-state index is 0.147. The van der Waals surface area contributed by atoms with Crippen LogP contribution in [0.25, 0.3) is 11.4 Å². The number of nitrogens with zero attached hydrogens (tertiary/aromatic N) is 3. The molecule has 0 unspecified atom stereocenters. The maximum absolute atomic E-state index is 12.3. The van der Waals surface area contributed by atoms with Gasteiger partial charge in [-0.15, -0.1) is 10.2 Å². The fourth-order valence-corrected chi connectivity index (χ4v) is 3.06. The van der Waals surface area contributed by atoms with Crippen molar-refractivity contribution >= 4 is 11.6 Å². The third-order valence-electron chi connectivity index (χ3n) is 4.32. The highest BCUT2D eigenvalue weighted by Gasteiger charge is 2.21. The van der Waals surface area contributed by atoms with E-state index in [9.17, 15) is 4.79 Å². The fraction of sp³-hybridized carbons (Fsp3) is 0.471. The number of aromatic nitrogens is 3. The maximum Gasteiger partial charge on any atom is 0.227 e. The van der Waals surface area contributed by atoms with E-state index in [4.69, 9.17) is 0 Å². The van der Waals surface area contributed by atoms with Gasteiger partial charge in [-0.1, -0.05) is 31.4 Å². The Morgan fingerprint density at radius 1 is 1.32 bits per heavy atom. The van der Waals surface area contributed by atoms with Crippen molar-refractivity contribution in [3.8, 4) is 11.4 Å². The van der Waals surface area contributed by atoms with Crippen LogP contribution in [-0.2, 0) is 11.3 Å². The maximum atomic E-state index is 12.3. The zero-order chi connectivity index (χ0) is 15.4. The molecule has 3 rings (SSSR count). The van der Waals surface area contributed by atoms with Crippen LogP contribution >= 0.6 is 0 Å². The number of rotatable bonds is 4. The van der Waals surface area contributed by atoms with Gasteiger partial charge in [-0.3, -0.25) is 4.79 Å². The van der Waals surface area contributed by atoms with Crippen molar-refractivity contribution in [2.75, 3.05) is 5.32 Å². The van der Waals surface area contributed by atoms with Crippen LogP contribution in [-0.4, -0.2) is 20.7 Å². The molecule has 1 aromatic heterocycles. The van der Waals surface area contributed by atoms with Gasteiger partial charge in [0.05, 0.1) is 0 Å². The monoisotopic (exact) mass is 298 g/mol. The van der Waals surface area contributed by atoms with Crippen molar-refractivity contribution in [1.82, 2.24) is 14.8 Å². The summed E-state index contributed by atoms with van der Waals surface area (Å²) in [6.07, 6.45) is 7.33. The standard InChI is InChI=1S/C17H22N4O/c1-2-21-12-18-20-16(21)14-9-6-10-15(11-14)19-17(22)13-7-4-3-5-8-13/h6,9-13H,2-5,7-8H2,1H3,(H,19,22). The van der Waals surface area contributed by atoms with Gasteiger partial charge in [-0.05, 0) is 31.9 Å². The summed E-state index contributed by atoms with van der Waals surface area (Å²) in [7, 11) is 0. The first-order valence-electron chi connectivity index (χ1n) is 8.07. The Labute approximate surface area is 130 Å². The molecule has 0 saturated heterocycles. The summed E-state index contributed by atoms with van der Waals surface area (Å²) in [6, 6.07) is 7.83. The lowest BCUT2D eigenvalue weighted by atomic mass is 9.88. The van der Waals surface area contributed by atoms with E-state index in [2.05, 4.69) is 22.4 Å². The fourth-order valence-electron chi connectivity index (χ4n) is 3.06. The molecular weight excluding hydrogens is 276 g/mol. The quantitative estimate of drug-likeness (QED) is 0.940. The van der Waals surface area contributed by atoms with Gasteiger partial charge in [-0.25, -0.2) is 0 Å². The Morgan fingerprint density at radius 3 is 2.91 bits per heavy atom.